The molecule has 102 valence electrons. The zero-order valence-electron chi connectivity index (χ0n) is 12.3. The lowest BCUT2D eigenvalue weighted by Crippen LogP contribution is -2.09. The quantitative estimate of drug-likeness (QED) is 0.875. The molecule has 0 spiro atoms. The summed E-state index contributed by atoms with van der Waals surface area (Å²) in [7, 11) is 0. The molecular formula is C18H20N2. The summed E-state index contributed by atoms with van der Waals surface area (Å²) < 4.78 is 0. The number of rotatable bonds is 4. The predicted molar refractivity (Wildman–Crippen MR) is 83.8 cm³/mol. The number of hydrogen-bond acceptors (Lipinski definition) is 2. The number of aryl methyl sites for hydroxylation is 2. The minimum atomic E-state index is 0.217. The van der Waals surface area contributed by atoms with Crippen molar-refractivity contribution >= 4 is 5.69 Å². The second kappa shape index (κ2) is 6.25. The van der Waals surface area contributed by atoms with Crippen molar-refractivity contribution < 1.29 is 0 Å². The van der Waals surface area contributed by atoms with E-state index in [1.165, 1.54) is 22.4 Å². The molecule has 0 amide bonds. The zero-order chi connectivity index (χ0) is 14.5. The lowest BCUT2D eigenvalue weighted by atomic mass is 10.0. The number of para-hydroxylation sites is 1. The Morgan fingerprint density at radius 2 is 1.85 bits per heavy atom. The van der Waals surface area contributed by atoms with Crippen molar-refractivity contribution in [3.05, 3.63) is 64.7 Å². The molecule has 0 bridgehead atoms. The Morgan fingerprint density at radius 1 is 1.15 bits per heavy atom. The molecule has 1 unspecified atom stereocenters. The van der Waals surface area contributed by atoms with Gasteiger partial charge in [-0.05, 0) is 49.1 Å². The van der Waals surface area contributed by atoms with Crippen LogP contribution in [0.4, 0.5) is 5.69 Å². The summed E-state index contributed by atoms with van der Waals surface area (Å²) in [6, 6.07) is 16.5. The van der Waals surface area contributed by atoms with E-state index in [4.69, 9.17) is 5.26 Å². The van der Waals surface area contributed by atoms with Gasteiger partial charge in [-0.1, -0.05) is 37.3 Å². The van der Waals surface area contributed by atoms with E-state index in [0.717, 1.165) is 6.42 Å². The van der Waals surface area contributed by atoms with Gasteiger partial charge in [-0.3, -0.25) is 0 Å². The molecule has 20 heavy (non-hydrogen) atoms. The van der Waals surface area contributed by atoms with E-state index in [2.05, 4.69) is 50.4 Å². The molecule has 0 fully saturated rings. The van der Waals surface area contributed by atoms with Crippen LogP contribution in [0.25, 0.3) is 0 Å². The average Bonchev–Trinajstić information content (AvgIpc) is 2.49. The number of hydrogen-bond donors (Lipinski definition) is 1. The van der Waals surface area contributed by atoms with Gasteiger partial charge < -0.3 is 5.32 Å². The fourth-order valence-electron chi connectivity index (χ4n) is 2.38. The smallest absolute Gasteiger partial charge is 0.0991 e. The molecule has 1 N–H and O–H groups in total. The molecule has 2 aromatic rings. The van der Waals surface area contributed by atoms with Gasteiger partial charge in [-0.2, -0.15) is 5.26 Å². The summed E-state index contributed by atoms with van der Waals surface area (Å²) in [5, 5.41) is 12.4. The van der Waals surface area contributed by atoms with Crippen molar-refractivity contribution in [1.82, 2.24) is 0 Å². The van der Waals surface area contributed by atoms with Crippen LogP contribution in [-0.2, 0) is 6.42 Å². The molecule has 0 saturated heterocycles. The fraction of sp³-hybridized carbons (Fsp3) is 0.278. The summed E-state index contributed by atoms with van der Waals surface area (Å²) in [5.41, 5.74) is 5.72. The minimum absolute atomic E-state index is 0.217. The fourth-order valence-corrected chi connectivity index (χ4v) is 2.38. The maximum atomic E-state index is 8.84. The van der Waals surface area contributed by atoms with Gasteiger partial charge in [-0.25, -0.2) is 0 Å². The van der Waals surface area contributed by atoms with Gasteiger partial charge in [0.05, 0.1) is 11.6 Å². The van der Waals surface area contributed by atoms with Gasteiger partial charge in [0.1, 0.15) is 0 Å². The molecule has 0 saturated carbocycles. The van der Waals surface area contributed by atoms with E-state index in [1.54, 1.807) is 0 Å². The number of nitrogens with zero attached hydrogens (tertiary/aromatic N) is 1. The van der Waals surface area contributed by atoms with Crippen LogP contribution in [0.15, 0.2) is 42.5 Å². The lowest BCUT2D eigenvalue weighted by molar-refractivity contribution is 0.876. The van der Waals surface area contributed by atoms with E-state index in [0.29, 0.717) is 5.56 Å². The molecule has 0 heterocycles. The van der Waals surface area contributed by atoms with Gasteiger partial charge in [0.2, 0.25) is 0 Å². The average molecular weight is 264 g/mol. The summed E-state index contributed by atoms with van der Waals surface area (Å²) in [6.45, 7) is 6.45. The Kier molecular flexibility index (Phi) is 4.42. The first-order valence-corrected chi connectivity index (χ1v) is 7.00. The second-order valence-electron chi connectivity index (χ2n) is 5.06. The number of nitrogens with one attached hydrogen (secondary N) is 1. The number of anilines is 1. The molecular weight excluding hydrogens is 244 g/mol. The van der Waals surface area contributed by atoms with Crippen molar-refractivity contribution in [3.63, 3.8) is 0 Å². The molecule has 0 radical (unpaired) electrons. The lowest BCUT2D eigenvalue weighted by Gasteiger charge is -2.20. The zero-order valence-corrected chi connectivity index (χ0v) is 12.3. The first kappa shape index (κ1) is 14.1. The van der Waals surface area contributed by atoms with Gasteiger partial charge in [-0.15, -0.1) is 0 Å². The van der Waals surface area contributed by atoms with E-state index < -0.39 is 0 Å². The Labute approximate surface area is 121 Å². The van der Waals surface area contributed by atoms with Gasteiger partial charge >= 0.3 is 0 Å². The van der Waals surface area contributed by atoms with Crippen LogP contribution in [0.2, 0.25) is 0 Å². The Morgan fingerprint density at radius 3 is 2.45 bits per heavy atom. The van der Waals surface area contributed by atoms with E-state index in [-0.39, 0.29) is 6.04 Å². The van der Waals surface area contributed by atoms with Crippen molar-refractivity contribution in [1.29, 1.82) is 5.26 Å². The van der Waals surface area contributed by atoms with Crippen LogP contribution in [0.5, 0.6) is 0 Å². The van der Waals surface area contributed by atoms with E-state index in [9.17, 15) is 0 Å². The molecule has 0 aliphatic carbocycles. The Balaban J connectivity index is 2.23. The third-order valence-electron chi connectivity index (χ3n) is 3.64. The molecule has 2 nitrogen and oxygen atoms in total. The largest absolute Gasteiger partial charge is 0.378 e. The normalized spacial score (nSPS) is 11.7. The highest BCUT2D eigenvalue weighted by Crippen LogP contribution is 2.26. The molecule has 2 aromatic carbocycles. The van der Waals surface area contributed by atoms with Crippen LogP contribution in [0.1, 0.15) is 42.1 Å². The SMILES string of the molecule is CCc1cccc(C)c1NC(C)c1ccc(C#N)cc1. The third-order valence-corrected chi connectivity index (χ3v) is 3.64. The van der Waals surface area contributed by atoms with Crippen LogP contribution in [0.3, 0.4) is 0 Å². The number of nitriles is 1. The van der Waals surface area contributed by atoms with Crippen LogP contribution >= 0.6 is 0 Å². The summed E-state index contributed by atoms with van der Waals surface area (Å²) in [5.74, 6) is 0. The first-order valence-electron chi connectivity index (χ1n) is 7.00. The maximum absolute atomic E-state index is 8.84. The monoisotopic (exact) mass is 264 g/mol. The molecule has 2 rings (SSSR count). The van der Waals surface area contributed by atoms with Crippen molar-refractivity contribution in [3.8, 4) is 6.07 Å². The van der Waals surface area contributed by atoms with Gasteiger partial charge in [0.25, 0.3) is 0 Å². The number of benzene rings is 2. The van der Waals surface area contributed by atoms with Crippen LogP contribution in [0, 0.1) is 18.3 Å². The van der Waals surface area contributed by atoms with Gasteiger partial charge in [0, 0.05) is 11.7 Å². The molecule has 0 aromatic heterocycles. The summed E-state index contributed by atoms with van der Waals surface area (Å²) in [4.78, 5) is 0. The van der Waals surface area contributed by atoms with Crippen molar-refractivity contribution in [2.75, 3.05) is 5.32 Å². The molecule has 2 heteroatoms. The Hall–Kier alpha value is -2.27. The molecule has 1 atom stereocenters. The summed E-state index contributed by atoms with van der Waals surface area (Å²) >= 11 is 0. The highest BCUT2D eigenvalue weighted by atomic mass is 14.9. The van der Waals surface area contributed by atoms with E-state index in [1.807, 2.05) is 24.3 Å². The van der Waals surface area contributed by atoms with Crippen LogP contribution < -0.4 is 5.32 Å². The van der Waals surface area contributed by atoms with Crippen LogP contribution in [-0.4, -0.2) is 0 Å². The minimum Gasteiger partial charge on any atom is -0.378 e. The second-order valence-corrected chi connectivity index (χ2v) is 5.06. The first-order chi connectivity index (χ1) is 9.65. The summed E-state index contributed by atoms with van der Waals surface area (Å²) in [6.07, 6.45) is 1.02. The highest BCUT2D eigenvalue weighted by molar-refractivity contribution is 5.58. The maximum Gasteiger partial charge on any atom is 0.0991 e. The van der Waals surface area contributed by atoms with E-state index >= 15 is 0 Å². The topological polar surface area (TPSA) is 35.8 Å². The molecule has 0 aliphatic heterocycles. The third kappa shape index (κ3) is 3.00. The van der Waals surface area contributed by atoms with Crippen molar-refractivity contribution in [2.24, 2.45) is 0 Å². The van der Waals surface area contributed by atoms with Gasteiger partial charge in [0.15, 0.2) is 0 Å². The van der Waals surface area contributed by atoms with Crippen molar-refractivity contribution in [2.45, 2.75) is 33.2 Å². The Bertz CT molecular complexity index is 621. The standard InChI is InChI=1S/C18H20N2/c1-4-16-7-5-6-13(2)18(16)20-14(3)17-10-8-15(12-19)9-11-17/h5-11,14,20H,4H2,1-3H3. The molecule has 0 aliphatic rings. The highest BCUT2D eigenvalue weighted by Gasteiger charge is 2.09. The predicted octanol–water partition coefficient (Wildman–Crippen LogP) is 4.60.